The fraction of sp³-hybridized carbons (Fsp3) is 1.00. The van der Waals surface area contributed by atoms with Crippen LogP contribution in [0.3, 0.4) is 0 Å². The van der Waals surface area contributed by atoms with Crippen LogP contribution in [-0.2, 0) is 0 Å². The third kappa shape index (κ3) is 0.464. The number of alkyl halides is 4. The predicted octanol–water partition coefficient (Wildman–Crippen LogP) is 2.64. The molecule has 0 N–H and O–H groups in total. The van der Waals surface area contributed by atoms with Crippen molar-refractivity contribution in [2.75, 3.05) is 0 Å². The summed E-state index contributed by atoms with van der Waals surface area (Å²) in [7, 11) is 0. The third-order valence-electron chi connectivity index (χ3n) is 6.28. The van der Waals surface area contributed by atoms with Crippen LogP contribution in [-0.4, -0.2) is 11.8 Å². The summed E-state index contributed by atoms with van der Waals surface area (Å²) in [5, 5.41) is 0. The molecule has 15 heavy (non-hydrogen) atoms. The van der Waals surface area contributed by atoms with E-state index in [4.69, 9.17) is 0 Å². The zero-order chi connectivity index (χ0) is 10.3. The van der Waals surface area contributed by atoms with Crippen LogP contribution >= 0.6 is 0 Å². The van der Waals surface area contributed by atoms with Gasteiger partial charge < -0.3 is 0 Å². The van der Waals surface area contributed by atoms with Crippen molar-refractivity contribution in [3.05, 3.63) is 0 Å². The van der Waals surface area contributed by atoms with Crippen LogP contribution < -0.4 is 0 Å². The van der Waals surface area contributed by atoms with Crippen LogP contribution in [0.15, 0.2) is 0 Å². The minimum Gasteiger partial charge on any atom is -0.206 e. The standard InChI is InChI=1S/C11H10F4/c12-10(13)6-2-1-3-5-4(2)8(10)9(5)11(14,15)7(3)6/h2-9H,1H2/t2-,3-,4+,5+,6+,7+,8+,9+/m0/s1. The fourth-order valence-electron chi connectivity index (χ4n) is 6.33. The summed E-state index contributed by atoms with van der Waals surface area (Å²) in [6.45, 7) is 0. The maximum atomic E-state index is 13.9. The predicted molar refractivity (Wildman–Crippen MR) is 42.4 cm³/mol. The van der Waals surface area contributed by atoms with E-state index in [-0.39, 0.29) is 23.7 Å². The van der Waals surface area contributed by atoms with E-state index < -0.39 is 35.5 Å². The van der Waals surface area contributed by atoms with E-state index >= 15 is 0 Å². The van der Waals surface area contributed by atoms with Gasteiger partial charge in [-0.05, 0) is 30.1 Å². The zero-order valence-corrected chi connectivity index (χ0v) is 7.84. The van der Waals surface area contributed by atoms with Crippen LogP contribution in [0.1, 0.15) is 6.42 Å². The first-order valence-electron chi connectivity index (χ1n) is 5.73. The molecule has 0 aromatic heterocycles. The first-order chi connectivity index (χ1) is 6.97. The summed E-state index contributed by atoms with van der Waals surface area (Å²) in [6.07, 6.45) is 0.669. The molecule has 0 radical (unpaired) electrons. The lowest BCUT2D eigenvalue weighted by Gasteiger charge is -2.49. The molecule has 2 bridgehead atoms. The molecule has 0 saturated heterocycles. The first-order valence-corrected chi connectivity index (χ1v) is 5.73. The van der Waals surface area contributed by atoms with Gasteiger partial charge in [-0.25, -0.2) is 17.6 Å². The van der Waals surface area contributed by atoms with Crippen molar-refractivity contribution < 1.29 is 17.6 Å². The van der Waals surface area contributed by atoms with Crippen molar-refractivity contribution in [2.45, 2.75) is 18.3 Å². The second-order valence-corrected chi connectivity index (χ2v) is 6.17. The third-order valence-corrected chi connectivity index (χ3v) is 6.28. The Balaban J connectivity index is 1.83. The molecule has 8 atom stereocenters. The average Bonchev–Trinajstić information content (AvgIpc) is 2.52. The van der Waals surface area contributed by atoms with E-state index in [1.807, 2.05) is 0 Å². The Morgan fingerprint density at radius 1 is 0.667 bits per heavy atom. The van der Waals surface area contributed by atoms with Gasteiger partial charge in [0.05, 0.1) is 0 Å². The van der Waals surface area contributed by atoms with Crippen molar-refractivity contribution in [1.29, 1.82) is 0 Å². The Morgan fingerprint density at radius 2 is 1.07 bits per heavy atom. The van der Waals surface area contributed by atoms with E-state index in [9.17, 15) is 17.6 Å². The molecule has 5 fully saturated rings. The number of hydrogen-bond acceptors (Lipinski definition) is 0. The van der Waals surface area contributed by atoms with E-state index in [0.717, 1.165) is 0 Å². The van der Waals surface area contributed by atoms with Crippen LogP contribution in [0.2, 0.25) is 0 Å². The summed E-state index contributed by atoms with van der Waals surface area (Å²) in [4.78, 5) is 0. The van der Waals surface area contributed by atoms with Crippen molar-refractivity contribution in [1.82, 2.24) is 0 Å². The van der Waals surface area contributed by atoms with Crippen LogP contribution in [0.25, 0.3) is 0 Å². The molecule has 5 aliphatic rings. The minimum absolute atomic E-state index is 0.0374. The largest absolute Gasteiger partial charge is 0.255 e. The monoisotopic (exact) mass is 218 g/mol. The molecule has 0 heterocycles. The molecule has 0 nitrogen and oxygen atoms in total. The zero-order valence-electron chi connectivity index (χ0n) is 7.84. The van der Waals surface area contributed by atoms with Gasteiger partial charge in [-0.3, -0.25) is 0 Å². The van der Waals surface area contributed by atoms with Crippen molar-refractivity contribution in [2.24, 2.45) is 47.3 Å². The Kier molecular flexibility index (Phi) is 0.868. The number of halogens is 4. The number of rotatable bonds is 0. The Morgan fingerprint density at radius 3 is 1.47 bits per heavy atom. The van der Waals surface area contributed by atoms with Gasteiger partial charge in [0.15, 0.2) is 0 Å². The molecular weight excluding hydrogens is 208 g/mol. The summed E-state index contributed by atoms with van der Waals surface area (Å²) < 4.78 is 55.6. The highest BCUT2D eigenvalue weighted by Gasteiger charge is 2.93. The number of fused-ring (bicyclic) bond motifs is 2. The number of hydrogen-bond donors (Lipinski definition) is 0. The second-order valence-electron chi connectivity index (χ2n) is 6.17. The van der Waals surface area contributed by atoms with Gasteiger partial charge >= 0.3 is 0 Å². The maximum absolute atomic E-state index is 13.9. The Bertz CT molecular complexity index is 350. The molecule has 4 heteroatoms. The van der Waals surface area contributed by atoms with Gasteiger partial charge in [0.1, 0.15) is 0 Å². The molecule has 5 aliphatic carbocycles. The normalized spacial score (nSPS) is 72.8. The smallest absolute Gasteiger partial charge is 0.206 e. The average molecular weight is 218 g/mol. The van der Waals surface area contributed by atoms with E-state index in [1.54, 1.807) is 0 Å². The summed E-state index contributed by atoms with van der Waals surface area (Å²) in [5.74, 6) is -9.60. The van der Waals surface area contributed by atoms with Crippen molar-refractivity contribution in [3.63, 3.8) is 0 Å². The summed E-state index contributed by atoms with van der Waals surface area (Å²) in [6, 6.07) is 0. The van der Waals surface area contributed by atoms with Crippen LogP contribution in [0.4, 0.5) is 17.6 Å². The second kappa shape index (κ2) is 1.65. The minimum atomic E-state index is -2.77. The highest BCUT2D eigenvalue weighted by atomic mass is 19.3. The molecule has 0 aliphatic heterocycles. The molecular formula is C11H10F4. The lowest BCUT2D eigenvalue weighted by Crippen LogP contribution is -2.57. The van der Waals surface area contributed by atoms with Gasteiger partial charge in [0.2, 0.25) is 0 Å². The molecule has 0 unspecified atom stereocenters. The maximum Gasteiger partial charge on any atom is 0.255 e. The molecule has 5 saturated carbocycles. The van der Waals surface area contributed by atoms with E-state index in [0.29, 0.717) is 6.42 Å². The molecule has 0 amide bonds. The Labute approximate surface area is 84.0 Å². The lowest BCUT2D eigenvalue weighted by molar-refractivity contribution is -0.250. The van der Waals surface area contributed by atoms with Crippen molar-refractivity contribution >= 4 is 0 Å². The van der Waals surface area contributed by atoms with Crippen LogP contribution in [0.5, 0.6) is 0 Å². The topological polar surface area (TPSA) is 0 Å². The summed E-state index contributed by atoms with van der Waals surface area (Å²) >= 11 is 0. The van der Waals surface area contributed by atoms with Gasteiger partial charge in [-0.2, -0.15) is 0 Å². The first kappa shape index (κ1) is 7.91. The van der Waals surface area contributed by atoms with E-state index in [1.165, 1.54) is 0 Å². The van der Waals surface area contributed by atoms with E-state index in [2.05, 4.69) is 0 Å². The van der Waals surface area contributed by atoms with Gasteiger partial charge in [0, 0.05) is 23.7 Å². The van der Waals surface area contributed by atoms with Crippen LogP contribution in [0, 0.1) is 47.3 Å². The van der Waals surface area contributed by atoms with Crippen molar-refractivity contribution in [3.8, 4) is 0 Å². The van der Waals surface area contributed by atoms with Gasteiger partial charge in [-0.1, -0.05) is 0 Å². The van der Waals surface area contributed by atoms with Gasteiger partial charge in [-0.15, -0.1) is 0 Å². The molecule has 0 aromatic rings. The quantitative estimate of drug-likeness (QED) is 0.548. The molecule has 0 aromatic carbocycles. The highest BCUT2D eigenvalue weighted by molar-refractivity contribution is 5.34. The highest BCUT2D eigenvalue weighted by Crippen LogP contribution is 2.89. The summed E-state index contributed by atoms with van der Waals surface area (Å²) in [5.41, 5.74) is 0. The molecule has 0 spiro atoms. The SMILES string of the molecule is FC1(F)[C@@H]2[C@H]3C[C@H]4[C@@H]5[C@@H]3[C@@H]1[C@@H]5C(F)(F)[C@H]42. The molecule has 5 rings (SSSR count). The lowest BCUT2D eigenvalue weighted by atomic mass is 9.58. The fourth-order valence-corrected chi connectivity index (χ4v) is 6.33. The Hall–Kier alpha value is -0.280. The van der Waals surface area contributed by atoms with Gasteiger partial charge in [0.25, 0.3) is 11.8 Å². The molecule has 82 valence electrons.